The van der Waals surface area contributed by atoms with Crippen LogP contribution in [0.3, 0.4) is 0 Å². The highest BCUT2D eigenvalue weighted by atomic mass is 16.6. The van der Waals surface area contributed by atoms with Gasteiger partial charge in [0.1, 0.15) is 11.4 Å². The Morgan fingerprint density at radius 3 is 2.35 bits per heavy atom. The number of amides is 2. The number of rotatable bonds is 6. The van der Waals surface area contributed by atoms with Crippen LogP contribution >= 0.6 is 0 Å². The number of ether oxygens (including phenoxy) is 2. The van der Waals surface area contributed by atoms with Crippen LogP contribution in [-0.2, 0) is 11.2 Å². The fraction of sp³-hybridized carbons (Fsp3) is 0.316. The molecular weight excluding hydrogens is 334 g/mol. The molecule has 7 nitrogen and oxygen atoms in total. The summed E-state index contributed by atoms with van der Waals surface area (Å²) >= 11 is 0. The maximum Gasteiger partial charge on any atom is 0.407 e. The van der Waals surface area contributed by atoms with E-state index in [9.17, 15) is 9.59 Å². The number of alkyl carbamates (subject to hydrolysis) is 1. The molecule has 0 saturated heterocycles. The van der Waals surface area contributed by atoms with Crippen molar-refractivity contribution in [2.45, 2.75) is 32.8 Å². The number of carbonyl (C=O) groups is 2. The van der Waals surface area contributed by atoms with Crippen molar-refractivity contribution in [3.05, 3.63) is 53.7 Å². The Hall–Kier alpha value is -3.09. The standard InChI is InChI=1S/C19H23N3O4/c1-19(2,3)26-18(24)21-11-10-13-4-7-15(8-5-13)25-16-9-6-14(12-22-16)17(20)23/h4-9,12H,10-11H2,1-3H3,(H2,20,23)(H,21,24). The van der Waals surface area contributed by atoms with Gasteiger partial charge in [-0.2, -0.15) is 0 Å². The maximum atomic E-state index is 11.6. The number of nitrogens with one attached hydrogen (secondary N) is 1. The van der Waals surface area contributed by atoms with Crippen molar-refractivity contribution >= 4 is 12.0 Å². The van der Waals surface area contributed by atoms with Crippen LogP contribution in [-0.4, -0.2) is 29.1 Å². The first-order valence-corrected chi connectivity index (χ1v) is 8.22. The smallest absolute Gasteiger partial charge is 0.407 e. The van der Waals surface area contributed by atoms with Crippen molar-refractivity contribution in [2.24, 2.45) is 5.73 Å². The summed E-state index contributed by atoms with van der Waals surface area (Å²) in [7, 11) is 0. The molecular formula is C19H23N3O4. The fourth-order valence-electron chi connectivity index (χ4n) is 2.05. The van der Waals surface area contributed by atoms with Crippen molar-refractivity contribution in [2.75, 3.05) is 6.54 Å². The molecule has 2 amide bonds. The molecule has 0 bridgehead atoms. The molecule has 1 heterocycles. The Morgan fingerprint density at radius 1 is 1.12 bits per heavy atom. The molecule has 0 spiro atoms. The van der Waals surface area contributed by atoms with E-state index in [2.05, 4.69) is 10.3 Å². The van der Waals surface area contributed by atoms with Crippen LogP contribution in [0, 0.1) is 0 Å². The highest BCUT2D eigenvalue weighted by molar-refractivity contribution is 5.92. The molecule has 0 aliphatic carbocycles. The lowest BCUT2D eigenvalue weighted by atomic mass is 10.1. The van der Waals surface area contributed by atoms with Crippen LogP contribution in [0.5, 0.6) is 11.6 Å². The summed E-state index contributed by atoms with van der Waals surface area (Å²) in [5.41, 5.74) is 6.03. The van der Waals surface area contributed by atoms with E-state index in [0.717, 1.165) is 5.56 Å². The van der Waals surface area contributed by atoms with E-state index >= 15 is 0 Å². The minimum Gasteiger partial charge on any atom is -0.444 e. The van der Waals surface area contributed by atoms with Gasteiger partial charge in [-0.1, -0.05) is 12.1 Å². The van der Waals surface area contributed by atoms with Gasteiger partial charge in [-0.15, -0.1) is 0 Å². The van der Waals surface area contributed by atoms with Crippen molar-refractivity contribution in [1.82, 2.24) is 10.3 Å². The third-order valence-corrected chi connectivity index (χ3v) is 3.25. The molecule has 0 saturated carbocycles. The van der Waals surface area contributed by atoms with E-state index < -0.39 is 17.6 Å². The van der Waals surface area contributed by atoms with Gasteiger partial charge in [-0.25, -0.2) is 9.78 Å². The van der Waals surface area contributed by atoms with Crippen LogP contribution in [0.1, 0.15) is 36.7 Å². The Bertz CT molecular complexity index is 750. The van der Waals surface area contributed by atoms with Crippen LogP contribution in [0.2, 0.25) is 0 Å². The van der Waals surface area contributed by atoms with Gasteiger partial charge in [-0.3, -0.25) is 4.79 Å². The first kappa shape index (κ1) is 19.2. The molecule has 3 N–H and O–H groups in total. The molecule has 0 radical (unpaired) electrons. The highest BCUT2D eigenvalue weighted by Gasteiger charge is 2.15. The topological polar surface area (TPSA) is 104 Å². The third-order valence-electron chi connectivity index (χ3n) is 3.25. The third kappa shape index (κ3) is 6.43. The number of hydrogen-bond donors (Lipinski definition) is 2. The molecule has 1 aromatic heterocycles. The molecule has 7 heteroatoms. The summed E-state index contributed by atoms with van der Waals surface area (Å²) in [5, 5.41) is 2.72. The van der Waals surface area contributed by atoms with Gasteiger partial charge >= 0.3 is 6.09 Å². The van der Waals surface area contributed by atoms with Crippen LogP contribution < -0.4 is 15.8 Å². The highest BCUT2D eigenvalue weighted by Crippen LogP contribution is 2.20. The zero-order valence-electron chi connectivity index (χ0n) is 15.1. The minimum atomic E-state index is -0.534. The predicted molar refractivity (Wildman–Crippen MR) is 97.2 cm³/mol. The van der Waals surface area contributed by atoms with Crippen molar-refractivity contribution in [1.29, 1.82) is 0 Å². The lowest BCUT2D eigenvalue weighted by Gasteiger charge is -2.19. The number of hydrogen-bond acceptors (Lipinski definition) is 5. The van der Waals surface area contributed by atoms with Gasteiger partial charge in [0.15, 0.2) is 0 Å². The van der Waals surface area contributed by atoms with Crippen molar-refractivity contribution < 1.29 is 19.1 Å². The number of nitrogens with zero attached hydrogens (tertiary/aromatic N) is 1. The second-order valence-electron chi connectivity index (χ2n) is 6.67. The second kappa shape index (κ2) is 8.33. The van der Waals surface area contributed by atoms with Gasteiger partial charge in [0.2, 0.25) is 11.8 Å². The molecule has 2 aromatic rings. The summed E-state index contributed by atoms with van der Waals surface area (Å²) in [5.74, 6) is 0.455. The van der Waals surface area contributed by atoms with Gasteiger partial charge in [0, 0.05) is 18.8 Å². The summed E-state index contributed by atoms with van der Waals surface area (Å²) < 4.78 is 10.8. The van der Waals surface area contributed by atoms with E-state index in [1.165, 1.54) is 6.20 Å². The fourth-order valence-corrected chi connectivity index (χ4v) is 2.05. The van der Waals surface area contributed by atoms with Crippen LogP contribution in [0.4, 0.5) is 4.79 Å². The van der Waals surface area contributed by atoms with Gasteiger partial charge in [0.05, 0.1) is 5.56 Å². The molecule has 0 atom stereocenters. The predicted octanol–water partition coefficient (Wildman–Crippen LogP) is 3.04. The summed E-state index contributed by atoms with van der Waals surface area (Å²) in [6, 6.07) is 10.6. The van der Waals surface area contributed by atoms with Crippen LogP contribution in [0.15, 0.2) is 42.6 Å². The lowest BCUT2D eigenvalue weighted by molar-refractivity contribution is 0.0528. The second-order valence-corrected chi connectivity index (χ2v) is 6.67. The molecule has 138 valence electrons. The van der Waals surface area contributed by atoms with Gasteiger partial charge in [-0.05, 0) is 51.0 Å². The van der Waals surface area contributed by atoms with E-state index in [1.807, 2.05) is 45.0 Å². The lowest BCUT2D eigenvalue weighted by Crippen LogP contribution is -2.33. The van der Waals surface area contributed by atoms with E-state index in [4.69, 9.17) is 15.2 Å². The van der Waals surface area contributed by atoms with Crippen molar-refractivity contribution in [3.63, 3.8) is 0 Å². The van der Waals surface area contributed by atoms with Crippen LogP contribution in [0.25, 0.3) is 0 Å². The normalized spacial score (nSPS) is 10.9. The number of benzene rings is 1. The average Bonchev–Trinajstić information content (AvgIpc) is 2.55. The molecule has 0 aliphatic heterocycles. The monoisotopic (exact) mass is 357 g/mol. The molecule has 1 aromatic carbocycles. The van der Waals surface area contributed by atoms with Gasteiger partial charge < -0.3 is 20.5 Å². The summed E-state index contributed by atoms with van der Waals surface area (Å²) in [4.78, 5) is 26.6. The first-order valence-electron chi connectivity index (χ1n) is 8.22. The summed E-state index contributed by atoms with van der Waals surface area (Å²) in [6.07, 6.45) is 1.61. The number of carbonyl (C=O) groups excluding carboxylic acids is 2. The maximum absolute atomic E-state index is 11.6. The largest absolute Gasteiger partial charge is 0.444 e. The SMILES string of the molecule is CC(C)(C)OC(=O)NCCc1ccc(Oc2ccc(C(N)=O)cn2)cc1. The van der Waals surface area contributed by atoms with E-state index in [0.29, 0.717) is 30.2 Å². The Balaban J connectivity index is 1.82. The minimum absolute atomic E-state index is 0.324. The number of primary amides is 1. The molecule has 0 unspecified atom stereocenters. The zero-order valence-corrected chi connectivity index (χ0v) is 15.1. The van der Waals surface area contributed by atoms with E-state index in [-0.39, 0.29) is 0 Å². The number of pyridine rings is 1. The Morgan fingerprint density at radius 2 is 1.81 bits per heavy atom. The Kier molecular flexibility index (Phi) is 6.16. The van der Waals surface area contributed by atoms with E-state index in [1.54, 1.807) is 12.1 Å². The molecule has 0 aliphatic rings. The quantitative estimate of drug-likeness (QED) is 0.827. The average molecular weight is 357 g/mol. The summed E-state index contributed by atoms with van der Waals surface area (Å²) in [6.45, 7) is 5.94. The van der Waals surface area contributed by atoms with Gasteiger partial charge in [0.25, 0.3) is 0 Å². The molecule has 2 rings (SSSR count). The Labute approximate surface area is 152 Å². The molecule has 0 fully saturated rings. The van der Waals surface area contributed by atoms with Crippen molar-refractivity contribution in [3.8, 4) is 11.6 Å². The number of nitrogens with two attached hydrogens (primary N) is 1. The first-order chi connectivity index (χ1) is 12.2. The zero-order chi connectivity index (χ0) is 19.2. The number of aromatic nitrogens is 1. The molecule has 26 heavy (non-hydrogen) atoms.